The SMILES string of the molecule is COc1ccc([N+](=O)[O-])c(NCC2CCOC2)n1. The molecule has 1 aliphatic heterocycles. The predicted octanol–water partition coefficient (Wildman–Crippen LogP) is 1.45. The largest absolute Gasteiger partial charge is 0.481 e. The zero-order valence-electron chi connectivity index (χ0n) is 10.1. The Morgan fingerprint density at radius 2 is 2.50 bits per heavy atom. The summed E-state index contributed by atoms with van der Waals surface area (Å²) in [5.74, 6) is 0.967. The van der Waals surface area contributed by atoms with E-state index in [0.717, 1.165) is 13.0 Å². The number of ether oxygens (including phenoxy) is 2. The molecule has 1 N–H and O–H groups in total. The molecule has 7 nitrogen and oxygen atoms in total. The maximum Gasteiger partial charge on any atom is 0.311 e. The normalized spacial score (nSPS) is 18.6. The van der Waals surface area contributed by atoms with E-state index in [1.54, 1.807) is 0 Å². The second-order valence-electron chi connectivity index (χ2n) is 4.09. The molecule has 1 aromatic heterocycles. The lowest BCUT2D eigenvalue weighted by Crippen LogP contribution is -2.15. The van der Waals surface area contributed by atoms with Gasteiger partial charge in [0.2, 0.25) is 11.7 Å². The molecule has 1 saturated heterocycles. The van der Waals surface area contributed by atoms with Crippen LogP contribution in [0.5, 0.6) is 5.88 Å². The summed E-state index contributed by atoms with van der Waals surface area (Å²) in [5.41, 5.74) is -0.0466. The van der Waals surface area contributed by atoms with Gasteiger partial charge in [0.1, 0.15) is 0 Å². The smallest absolute Gasteiger partial charge is 0.311 e. The van der Waals surface area contributed by atoms with Crippen molar-refractivity contribution in [3.8, 4) is 5.88 Å². The number of hydrogen-bond acceptors (Lipinski definition) is 6. The fraction of sp³-hybridized carbons (Fsp3) is 0.545. The molecule has 1 fully saturated rings. The molecule has 7 heteroatoms. The van der Waals surface area contributed by atoms with E-state index in [9.17, 15) is 10.1 Å². The van der Waals surface area contributed by atoms with Crippen LogP contribution in [0, 0.1) is 16.0 Å². The third-order valence-corrected chi connectivity index (χ3v) is 2.84. The first-order valence-electron chi connectivity index (χ1n) is 5.71. The van der Waals surface area contributed by atoms with Gasteiger partial charge in [-0.25, -0.2) is 0 Å². The zero-order chi connectivity index (χ0) is 13.0. The summed E-state index contributed by atoms with van der Waals surface area (Å²) in [6.07, 6.45) is 0.963. The van der Waals surface area contributed by atoms with Crippen molar-refractivity contribution < 1.29 is 14.4 Å². The average Bonchev–Trinajstić information content (AvgIpc) is 2.88. The van der Waals surface area contributed by atoms with Crippen LogP contribution in [0.1, 0.15) is 6.42 Å². The van der Waals surface area contributed by atoms with Crippen LogP contribution in [0.2, 0.25) is 0 Å². The molecule has 0 amide bonds. The Bertz CT molecular complexity index is 432. The van der Waals surface area contributed by atoms with Crippen LogP contribution >= 0.6 is 0 Å². The molecular formula is C11H15N3O4. The van der Waals surface area contributed by atoms with Gasteiger partial charge in [-0.3, -0.25) is 10.1 Å². The number of rotatable bonds is 5. The number of nitrogens with zero attached hydrogens (tertiary/aromatic N) is 2. The summed E-state index contributed by atoms with van der Waals surface area (Å²) in [6.45, 7) is 2.05. The van der Waals surface area contributed by atoms with Crippen LogP contribution in [0.15, 0.2) is 12.1 Å². The third kappa shape index (κ3) is 2.86. The highest BCUT2D eigenvalue weighted by molar-refractivity contribution is 5.57. The molecule has 2 rings (SSSR count). The molecule has 1 aliphatic rings. The second kappa shape index (κ2) is 5.63. The number of nitro groups is 1. The van der Waals surface area contributed by atoms with Crippen molar-refractivity contribution in [2.24, 2.45) is 5.92 Å². The van der Waals surface area contributed by atoms with Gasteiger partial charge < -0.3 is 14.8 Å². The minimum absolute atomic E-state index is 0.0466. The number of methoxy groups -OCH3 is 1. The molecule has 1 atom stereocenters. The minimum atomic E-state index is -0.458. The van der Waals surface area contributed by atoms with E-state index in [1.165, 1.54) is 19.2 Å². The van der Waals surface area contributed by atoms with Crippen molar-refractivity contribution in [2.45, 2.75) is 6.42 Å². The van der Waals surface area contributed by atoms with Crippen LogP contribution in [-0.2, 0) is 4.74 Å². The van der Waals surface area contributed by atoms with Crippen molar-refractivity contribution in [1.82, 2.24) is 4.98 Å². The Labute approximate surface area is 104 Å². The summed E-state index contributed by atoms with van der Waals surface area (Å²) in [6, 6.07) is 2.86. The Hall–Kier alpha value is -1.89. The predicted molar refractivity (Wildman–Crippen MR) is 64.9 cm³/mol. The molecule has 0 spiro atoms. The maximum absolute atomic E-state index is 10.9. The van der Waals surface area contributed by atoms with E-state index in [1.807, 2.05) is 0 Å². The van der Waals surface area contributed by atoms with Crippen molar-refractivity contribution >= 4 is 11.5 Å². The summed E-state index contributed by atoms with van der Waals surface area (Å²) < 4.78 is 10.2. The molecule has 0 radical (unpaired) electrons. The monoisotopic (exact) mass is 253 g/mol. The van der Waals surface area contributed by atoms with Gasteiger partial charge in [-0.2, -0.15) is 4.98 Å². The number of hydrogen-bond donors (Lipinski definition) is 1. The van der Waals surface area contributed by atoms with E-state index < -0.39 is 4.92 Å². The van der Waals surface area contributed by atoms with Crippen molar-refractivity contribution in [1.29, 1.82) is 0 Å². The van der Waals surface area contributed by atoms with Crippen LogP contribution in [0.3, 0.4) is 0 Å². The Kier molecular flexibility index (Phi) is 3.93. The van der Waals surface area contributed by atoms with Gasteiger partial charge in [0.15, 0.2) is 0 Å². The Morgan fingerprint density at radius 1 is 1.67 bits per heavy atom. The van der Waals surface area contributed by atoms with Gasteiger partial charge in [-0.15, -0.1) is 0 Å². The highest BCUT2D eigenvalue weighted by Crippen LogP contribution is 2.25. The molecule has 18 heavy (non-hydrogen) atoms. The van der Waals surface area contributed by atoms with Gasteiger partial charge in [-0.05, 0) is 6.42 Å². The molecule has 0 bridgehead atoms. The van der Waals surface area contributed by atoms with Crippen molar-refractivity contribution in [3.63, 3.8) is 0 Å². The summed E-state index contributed by atoms with van der Waals surface area (Å²) >= 11 is 0. The first kappa shape index (κ1) is 12.6. The maximum atomic E-state index is 10.9. The quantitative estimate of drug-likeness (QED) is 0.631. The fourth-order valence-electron chi connectivity index (χ4n) is 1.81. The molecule has 0 aromatic carbocycles. The Morgan fingerprint density at radius 3 is 3.11 bits per heavy atom. The lowest BCUT2D eigenvalue weighted by molar-refractivity contribution is -0.384. The highest BCUT2D eigenvalue weighted by atomic mass is 16.6. The van der Waals surface area contributed by atoms with E-state index in [0.29, 0.717) is 24.9 Å². The van der Waals surface area contributed by atoms with E-state index in [2.05, 4.69) is 10.3 Å². The van der Waals surface area contributed by atoms with Crippen LogP contribution < -0.4 is 10.1 Å². The topological polar surface area (TPSA) is 86.5 Å². The number of nitrogens with one attached hydrogen (secondary N) is 1. The van der Waals surface area contributed by atoms with Crippen LogP contribution in [0.25, 0.3) is 0 Å². The molecular weight excluding hydrogens is 238 g/mol. The molecule has 98 valence electrons. The van der Waals surface area contributed by atoms with Gasteiger partial charge in [0.05, 0.1) is 18.6 Å². The summed E-state index contributed by atoms with van der Waals surface area (Å²) in [7, 11) is 1.47. The number of pyridine rings is 1. The Balaban J connectivity index is 2.10. The summed E-state index contributed by atoms with van der Waals surface area (Å²) in [5, 5.41) is 13.9. The van der Waals surface area contributed by atoms with Gasteiger partial charge in [0, 0.05) is 31.2 Å². The van der Waals surface area contributed by atoms with Crippen molar-refractivity contribution in [2.75, 3.05) is 32.2 Å². The zero-order valence-corrected chi connectivity index (χ0v) is 10.1. The first-order chi connectivity index (χ1) is 8.70. The van der Waals surface area contributed by atoms with E-state index >= 15 is 0 Å². The summed E-state index contributed by atoms with van der Waals surface area (Å²) in [4.78, 5) is 14.5. The van der Waals surface area contributed by atoms with Crippen LogP contribution in [0.4, 0.5) is 11.5 Å². The lowest BCUT2D eigenvalue weighted by Gasteiger charge is -2.10. The average molecular weight is 253 g/mol. The molecule has 1 unspecified atom stereocenters. The van der Waals surface area contributed by atoms with E-state index in [-0.39, 0.29) is 11.5 Å². The standard InChI is InChI=1S/C11H15N3O4/c1-17-10-3-2-9(14(15)16)11(13-10)12-6-8-4-5-18-7-8/h2-3,8H,4-7H2,1H3,(H,12,13). The fourth-order valence-corrected chi connectivity index (χ4v) is 1.81. The second-order valence-corrected chi connectivity index (χ2v) is 4.09. The van der Waals surface area contributed by atoms with Gasteiger partial charge >= 0.3 is 5.69 Å². The molecule has 0 aliphatic carbocycles. The van der Waals surface area contributed by atoms with E-state index in [4.69, 9.17) is 9.47 Å². The van der Waals surface area contributed by atoms with Gasteiger partial charge in [0.25, 0.3) is 0 Å². The third-order valence-electron chi connectivity index (χ3n) is 2.84. The molecule has 1 aromatic rings. The minimum Gasteiger partial charge on any atom is -0.481 e. The lowest BCUT2D eigenvalue weighted by atomic mass is 10.1. The van der Waals surface area contributed by atoms with Crippen LogP contribution in [-0.4, -0.2) is 36.8 Å². The number of anilines is 1. The first-order valence-corrected chi connectivity index (χ1v) is 5.71. The molecule has 2 heterocycles. The molecule has 0 saturated carbocycles. The highest BCUT2D eigenvalue weighted by Gasteiger charge is 2.20. The van der Waals surface area contributed by atoms with Crippen molar-refractivity contribution in [3.05, 3.63) is 22.2 Å². The number of aromatic nitrogens is 1. The van der Waals surface area contributed by atoms with Gasteiger partial charge in [-0.1, -0.05) is 0 Å².